The number of aromatic nitrogens is 2. The van der Waals surface area contributed by atoms with Crippen molar-refractivity contribution >= 4 is 49.3 Å². The lowest BCUT2D eigenvalue weighted by atomic mass is 10.0. The summed E-state index contributed by atoms with van der Waals surface area (Å²) >= 11 is 13.2. The largest absolute Gasteiger partial charge is 0.382 e. The van der Waals surface area contributed by atoms with Crippen molar-refractivity contribution in [1.29, 1.82) is 0 Å². The van der Waals surface area contributed by atoms with Crippen molar-refractivity contribution in [2.75, 3.05) is 5.73 Å². The van der Waals surface area contributed by atoms with E-state index in [1.165, 1.54) is 0 Å². The van der Waals surface area contributed by atoms with Gasteiger partial charge < -0.3 is 5.73 Å². The van der Waals surface area contributed by atoms with Crippen molar-refractivity contribution in [3.8, 4) is 22.4 Å². The van der Waals surface area contributed by atoms with Crippen LogP contribution in [0.25, 0.3) is 22.4 Å². The van der Waals surface area contributed by atoms with Gasteiger partial charge in [0.1, 0.15) is 0 Å². The molecule has 0 aliphatic heterocycles. The summed E-state index contributed by atoms with van der Waals surface area (Å²) in [5, 5.41) is 7.74. The third-order valence-electron chi connectivity index (χ3n) is 3.11. The van der Waals surface area contributed by atoms with E-state index in [4.69, 9.17) is 17.3 Å². The molecule has 0 fully saturated rings. The van der Waals surface area contributed by atoms with Crippen LogP contribution in [0.4, 0.5) is 5.82 Å². The molecule has 3 nitrogen and oxygen atoms in total. The number of nitrogens with zero attached hydrogens (tertiary/aromatic N) is 1. The minimum Gasteiger partial charge on any atom is -0.382 e. The molecule has 3 rings (SSSR count). The molecule has 3 N–H and O–H groups in total. The van der Waals surface area contributed by atoms with Gasteiger partial charge in [-0.25, -0.2) is 0 Å². The molecular weight excluding hydrogens is 417 g/mol. The van der Waals surface area contributed by atoms with Crippen LogP contribution >= 0.6 is 43.5 Å². The Balaban J connectivity index is 2.22. The van der Waals surface area contributed by atoms with Gasteiger partial charge in [0.15, 0.2) is 5.82 Å². The fourth-order valence-corrected chi connectivity index (χ4v) is 3.35. The molecule has 3 aromatic rings. The zero-order chi connectivity index (χ0) is 15.0. The lowest BCUT2D eigenvalue weighted by Crippen LogP contribution is -1.89. The molecule has 0 saturated heterocycles. The van der Waals surface area contributed by atoms with Gasteiger partial charge in [0.05, 0.1) is 16.3 Å². The number of nitrogens with one attached hydrogen (secondary N) is 1. The first-order valence-electron chi connectivity index (χ1n) is 6.11. The van der Waals surface area contributed by atoms with Crippen LogP contribution in [0.15, 0.2) is 51.4 Å². The van der Waals surface area contributed by atoms with Crippen LogP contribution in [0.2, 0.25) is 5.02 Å². The topological polar surface area (TPSA) is 54.7 Å². The molecule has 0 atom stereocenters. The van der Waals surface area contributed by atoms with E-state index in [9.17, 15) is 0 Å². The number of aromatic amines is 1. The van der Waals surface area contributed by atoms with Crippen LogP contribution in [-0.4, -0.2) is 10.2 Å². The van der Waals surface area contributed by atoms with E-state index in [0.29, 0.717) is 10.8 Å². The summed E-state index contributed by atoms with van der Waals surface area (Å²) < 4.78 is 1.90. The molecule has 0 aliphatic rings. The Hall–Kier alpha value is -1.30. The Kier molecular flexibility index (Phi) is 4.06. The summed E-state index contributed by atoms with van der Waals surface area (Å²) in [5.41, 5.74) is 9.52. The summed E-state index contributed by atoms with van der Waals surface area (Å²) in [7, 11) is 0. The van der Waals surface area contributed by atoms with Crippen molar-refractivity contribution in [3.63, 3.8) is 0 Å². The van der Waals surface area contributed by atoms with Gasteiger partial charge in [-0.2, -0.15) is 5.10 Å². The maximum atomic E-state index is 6.34. The average molecular weight is 428 g/mol. The quantitative estimate of drug-likeness (QED) is 0.567. The number of hydrogen-bond acceptors (Lipinski definition) is 2. The Morgan fingerprint density at radius 2 is 1.81 bits per heavy atom. The zero-order valence-electron chi connectivity index (χ0n) is 10.7. The predicted octanol–water partition coefficient (Wildman–Crippen LogP) is 5.50. The van der Waals surface area contributed by atoms with Gasteiger partial charge >= 0.3 is 0 Å². The van der Waals surface area contributed by atoms with E-state index >= 15 is 0 Å². The summed E-state index contributed by atoms with van der Waals surface area (Å²) in [5.74, 6) is 0.446. The minimum atomic E-state index is 0.446. The molecule has 0 unspecified atom stereocenters. The Bertz CT molecular complexity index is 814. The highest BCUT2D eigenvalue weighted by molar-refractivity contribution is 9.10. The Morgan fingerprint density at radius 3 is 2.52 bits per heavy atom. The fourth-order valence-electron chi connectivity index (χ4n) is 2.18. The van der Waals surface area contributed by atoms with Gasteiger partial charge in [-0.05, 0) is 29.8 Å². The maximum Gasteiger partial charge on any atom is 0.153 e. The predicted molar refractivity (Wildman–Crippen MR) is 94.3 cm³/mol. The molecular formula is C15H10Br2ClN3. The van der Waals surface area contributed by atoms with Crippen molar-refractivity contribution in [1.82, 2.24) is 10.2 Å². The molecule has 6 heteroatoms. The minimum absolute atomic E-state index is 0.446. The normalized spacial score (nSPS) is 10.8. The van der Waals surface area contributed by atoms with E-state index in [1.54, 1.807) is 0 Å². The number of nitrogens with two attached hydrogens (primary N) is 1. The Morgan fingerprint density at radius 1 is 1.05 bits per heavy atom. The molecule has 0 saturated carbocycles. The average Bonchev–Trinajstić information content (AvgIpc) is 2.80. The highest BCUT2D eigenvalue weighted by Crippen LogP contribution is 2.39. The van der Waals surface area contributed by atoms with Crippen LogP contribution in [0, 0.1) is 0 Å². The van der Waals surface area contributed by atoms with Crippen molar-refractivity contribution < 1.29 is 0 Å². The second-order valence-corrected chi connectivity index (χ2v) is 6.73. The number of rotatable bonds is 2. The van der Waals surface area contributed by atoms with Crippen molar-refractivity contribution in [2.45, 2.75) is 0 Å². The lowest BCUT2D eigenvalue weighted by molar-refractivity contribution is 1.10. The molecule has 0 aliphatic carbocycles. The first-order chi connectivity index (χ1) is 10.1. The molecule has 0 amide bonds. The highest BCUT2D eigenvalue weighted by Gasteiger charge is 2.17. The summed E-state index contributed by atoms with van der Waals surface area (Å²) in [6.45, 7) is 0. The summed E-state index contributed by atoms with van der Waals surface area (Å²) in [6, 6.07) is 13.6. The molecule has 0 spiro atoms. The van der Waals surface area contributed by atoms with Crippen LogP contribution < -0.4 is 5.73 Å². The molecule has 0 bridgehead atoms. The number of hydrogen-bond donors (Lipinski definition) is 2. The van der Waals surface area contributed by atoms with Crippen molar-refractivity contribution in [2.24, 2.45) is 0 Å². The first-order valence-corrected chi connectivity index (χ1v) is 8.08. The second kappa shape index (κ2) is 5.83. The number of nitrogen functional groups attached to an aromatic ring is 1. The summed E-state index contributed by atoms with van der Waals surface area (Å²) in [6.07, 6.45) is 0. The smallest absolute Gasteiger partial charge is 0.153 e. The van der Waals surface area contributed by atoms with Gasteiger partial charge in [0, 0.05) is 14.5 Å². The van der Waals surface area contributed by atoms with Gasteiger partial charge in [-0.1, -0.05) is 61.7 Å². The van der Waals surface area contributed by atoms with Crippen LogP contribution in [-0.2, 0) is 0 Å². The van der Waals surface area contributed by atoms with Gasteiger partial charge in [-0.3, -0.25) is 5.10 Å². The fraction of sp³-hybridized carbons (Fsp3) is 0. The van der Waals surface area contributed by atoms with Gasteiger partial charge in [0.25, 0.3) is 0 Å². The van der Waals surface area contributed by atoms with E-state index in [-0.39, 0.29) is 0 Å². The van der Waals surface area contributed by atoms with Crippen LogP contribution in [0.5, 0.6) is 0 Å². The SMILES string of the molecule is Nc1n[nH]c(-c2ccc(Br)cc2Cl)c1-c1cccc(Br)c1. The van der Waals surface area contributed by atoms with Crippen LogP contribution in [0.3, 0.4) is 0 Å². The van der Waals surface area contributed by atoms with E-state index in [0.717, 1.165) is 31.3 Å². The number of halogens is 3. The van der Waals surface area contributed by atoms with Crippen LogP contribution in [0.1, 0.15) is 0 Å². The van der Waals surface area contributed by atoms with E-state index < -0.39 is 0 Å². The number of H-pyrrole nitrogens is 1. The standard InChI is InChI=1S/C15H10Br2ClN3/c16-9-3-1-2-8(6-9)13-14(20-21-15(13)19)11-5-4-10(17)7-12(11)18/h1-7H,(H3,19,20,21). The number of anilines is 1. The third kappa shape index (κ3) is 2.86. The highest BCUT2D eigenvalue weighted by atomic mass is 79.9. The number of benzene rings is 2. The molecule has 2 aromatic carbocycles. The lowest BCUT2D eigenvalue weighted by Gasteiger charge is -2.07. The molecule has 0 radical (unpaired) electrons. The maximum absolute atomic E-state index is 6.34. The van der Waals surface area contributed by atoms with Gasteiger partial charge in [0.2, 0.25) is 0 Å². The molecule has 21 heavy (non-hydrogen) atoms. The zero-order valence-corrected chi connectivity index (χ0v) is 14.6. The molecule has 1 heterocycles. The second-order valence-electron chi connectivity index (χ2n) is 4.49. The summed E-state index contributed by atoms with van der Waals surface area (Å²) in [4.78, 5) is 0. The third-order valence-corrected chi connectivity index (χ3v) is 4.41. The van der Waals surface area contributed by atoms with Crippen molar-refractivity contribution in [3.05, 3.63) is 56.4 Å². The Labute approximate surface area is 143 Å². The first kappa shape index (κ1) is 14.6. The molecule has 106 valence electrons. The molecule has 1 aromatic heterocycles. The monoisotopic (exact) mass is 425 g/mol. The van der Waals surface area contributed by atoms with E-state index in [2.05, 4.69) is 42.1 Å². The van der Waals surface area contributed by atoms with E-state index in [1.807, 2.05) is 42.5 Å². The van der Waals surface area contributed by atoms with Gasteiger partial charge in [-0.15, -0.1) is 0 Å².